The number of hydrogen-bond donors (Lipinski definition) is 2. The molecule has 0 radical (unpaired) electrons. The minimum absolute atomic E-state index is 0.154. The van der Waals surface area contributed by atoms with Gasteiger partial charge in [0, 0.05) is 12.1 Å². The van der Waals surface area contributed by atoms with Crippen molar-refractivity contribution in [2.45, 2.75) is 37.5 Å². The lowest BCUT2D eigenvalue weighted by atomic mass is 10.0. The highest BCUT2D eigenvalue weighted by molar-refractivity contribution is 7.90. The summed E-state index contributed by atoms with van der Waals surface area (Å²) >= 11 is 0. The van der Waals surface area contributed by atoms with Crippen LogP contribution in [0.1, 0.15) is 31.2 Å². The molecule has 1 aromatic carbocycles. The van der Waals surface area contributed by atoms with Gasteiger partial charge in [-0.2, -0.15) is 5.10 Å². The Morgan fingerprint density at radius 3 is 2.43 bits per heavy atom. The molecule has 0 bridgehead atoms. The van der Waals surface area contributed by atoms with E-state index in [2.05, 4.69) is 19.9 Å². The third-order valence-corrected chi connectivity index (χ3v) is 7.02. The van der Waals surface area contributed by atoms with Crippen LogP contribution in [0.25, 0.3) is 11.4 Å². The first kappa shape index (κ1) is 14.8. The molecule has 2 aromatic rings. The highest BCUT2D eigenvalue weighted by Gasteiger charge is 2.57. The van der Waals surface area contributed by atoms with Gasteiger partial charge in [-0.25, -0.2) is 18.1 Å². The van der Waals surface area contributed by atoms with Crippen LogP contribution in [0.3, 0.4) is 0 Å². The molecule has 122 valence electrons. The molecule has 0 amide bonds. The summed E-state index contributed by atoms with van der Waals surface area (Å²) in [5.74, 6) is 1.50. The molecule has 2 N–H and O–H groups in total. The second kappa shape index (κ2) is 5.72. The average Bonchev–Trinajstić information content (AvgIpc) is 3.07. The van der Waals surface area contributed by atoms with Gasteiger partial charge in [0.15, 0.2) is 5.82 Å². The second-order valence-electron chi connectivity index (χ2n) is 6.47. The molecule has 6 nitrogen and oxygen atoms in total. The fourth-order valence-corrected chi connectivity index (χ4v) is 5.86. The van der Waals surface area contributed by atoms with Crippen molar-refractivity contribution in [2.24, 2.45) is 11.8 Å². The summed E-state index contributed by atoms with van der Waals surface area (Å²) in [7, 11) is -3.20. The Labute approximate surface area is 135 Å². The molecule has 0 aliphatic heterocycles. The quantitative estimate of drug-likeness (QED) is 0.877. The Hall–Kier alpha value is -1.73. The number of benzene rings is 1. The Bertz CT molecular complexity index is 759. The number of hydrogen-bond acceptors (Lipinski definition) is 4. The fourth-order valence-electron chi connectivity index (χ4n) is 3.79. The van der Waals surface area contributed by atoms with Crippen molar-refractivity contribution in [1.29, 1.82) is 0 Å². The van der Waals surface area contributed by atoms with Crippen LogP contribution in [-0.2, 0) is 16.6 Å². The van der Waals surface area contributed by atoms with E-state index in [9.17, 15) is 8.42 Å². The van der Waals surface area contributed by atoms with Crippen molar-refractivity contribution in [1.82, 2.24) is 19.9 Å². The van der Waals surface area contributed by atoms with Gasteiger partial charge in [-0.05, 0) is 30.2 Å². The third kappa shape index (κ3) is 2.90. The number of nitrogens with zero attached hydrogens (tertiary/aromatic N) is 2. The molecule has 0 spiro atoms. The lowest BCUT2D eigenvalue weighted by Gasteiger charge is -2.07. The summed E-state index contributed by atoms with van der Waals surface area (Å²) < 4.78 is 27.7. The molecule has 1 heterocycles. The molecule has 2 unspecified atom stereocenters. The Balaban J connectivity index is 1.39. The van der Waals surface area contributed by atoms with E-state index in [4.69, 9.17) is 0 Å². The van der Waals surface area contributed by atoms with E-state index in [1.165, 1.54) is 19.2 Å². The average molecular weight is 332 g/mol. The summed E-state index contributed by atoms with van der Waals surface area (Å²) in [6.45, 7) is 0.342. The maximum absolute atomic E-state index is 12.5. The Morgan fingerprint density at radius 2 is 1.83 bits per heavy atom. The lowest BCUT2D eigenvalue weighted by molar-refractivity contribution is 0.480. The van der Waals surface area contributed by atoms with E-state index >= 15 is 0 Å². The van der Waals surface area contributed by atoms with Gasteiger partial charge < -0.3 is 0 Å². The van der Waals surface area contributed by atoms with Gasteiger partial charge in [0.05, 0.1) is 5.25 Å². The van der Waals surface area contributed by atoms with Crippen LogP contribution in [0.2, 0.25) is 0 Å². The predicted octanol–water partition coefficient (Wildman–Crippen LogP) is 2.08. The van der Waals surface area contributed by atoms with Crippen molar-refractivity contribution >= 4 is 10.0 Å². The van der Waals surface area contributed by atoms with E-state index in [0.29, 0.717) is 24.2 Å². The van der Waals surface area contributed by atoms with Gasteiger partial charge in [-0.3, -0.25) is 5.10 Å². The smallest absolute Gasteiger partial charge is 0.215 e. The number of aromatic amines is 1. The standard InChI is InChI=1S/C16H20N4O2S/c21-23(22,15-13-3-1-2-4-14(13)15)19-9-11-5-7-12(8-6-11)16-17-10-18-20-16/h5-8,10,13-15,19H,1-4,9H2,(H,17,18,20). The fraction of sp³-hybridized carbons (Fsp3) is 0.500. The summed E-state index contributed by atoms with van der Waals surface area (Å²) in [5, 5.41) is 6.48. The van der Waals surface area contributed by atoms with E-state index in [-0.39, 0.29) is 5.25 Å². The topological polar surface area (TPSA) is 87.7 Å². The number of fused-ring (bicyclic) bond motifs is 1. The van der Waals surface area contributed by atoms with Crippen molar-refractivity contribution in [3.05, 3.63) is 36.2 Å². The molecule has 23 heavy (non-hydrogen) atoms. The highest BCUT2D eigenvalue weighted by atomic mass is 32.2. The van der Waals surface area contributed by atoms with E-state index in [1.54, 1.807) is 0 Å². The van der Waals surface area contributed by atoms with E-state index < -0.39 is 10.0 Å². The largest absolute Gasteiger partial charge is 0.259 e. The molecular formula is C16H20N4O2S. The number of H-pyrrole nitrogens is 1. The molecule has 2 fully saturated rings. The van der Waals surface area contributed by atoms with Crippen molar-refractivity contribution in [3.8, 4) is 11.4 Å². The second-order valence-corrected chi connectivity index (χ2v) is 8.40. The number of rotatable bonds is 5. The van der Waals surface area contributed by atoms with Gasteiger partial charge in [0.25, 0.3) is 0 Å². The minimum Gasteiger partial charge on any atom is -0.259 e. The normalized spacial score (nSPS) is 26.7. The predicted molar refractivity (Wildman–Crippen MR) is 86.8 cm³/mol. The maximum Gasteiger partial charge on any atom is 0.215 e. The monoisotopic (exact) mass is 332 g/mol. The zero-order valence-corrected chi connectivity index (χ0v) is 13.6. The first-order chi connectivity index (χ1) is 11.1. The highest BCUT2D eigenvalue weighted by Crippen LogP contribution is 2.53. The number of aromatic nitrogens is 3. The zero-order chi connectivity index (χ0) is 15.9. The Kier molecular flexibility index (Phi) is 3.69. The van der Waals surface area contributed by atoms with Gasteiger partial charge in [0.1, 0.15) is 6.33 Å². The third-order valence-electron chi connectivity index (χ3n) is 5.06. The maximum atomic E-state index is 12.5. The molecule has 2 aliphatic carbocycles. The molecule has 2 saturated carbocycles. The van der Waals surface area contributed by atoms with Crippen molar-refractivity contribution < 1.29 is 8.42 Å². The Morgan fingerprint density at radius 1 is 1.13 bits per heavy atom. The van der Waals surface area contributed by atoms with Gasteiger partial charge in [0.2, 0.25) is 10.0 Å². The molecular weight excluding hydrogens is 312 g/mol. The van der Waals surface area contributed by atoms with Crippen LogP contribution < -0.4 is 4.72 Å². The summed E-state index contributed by atoms with van der Waals surface area (Å²) in [4.78, 5) is 4.10. The van der Waals surface area contributed by atoms with Crippen LogP contribution in [-0.4, -0.2) is 28.8 Å². The summed E-state index contributed by atoms with van der Waals surface area (Å²) in [6, 6.07) is 7.67. The molecule has 2 aliphatic rings. The minimum atomic E-state index is -3.20. The van der Waals surface area contributed by atoms with E-state index in [0.717, 1.165) is 24.0 Å². The molecule has 4 rings (SSSR count). The summed E-state index contributed by atoms with van der Waals surface area (Å²) in [6.07, 6.45) is 5.96. The summed E-state index contributed by atoms with van der Waals surface area (Å²) in [5.41, 5.74) is 1.88. The lowest BCUT2D eigenvalue weighted by Crippen LogP contribution is -2.28. The number of nitrogens with one attached hydrogen (secondary N) is 2. The number of sulfonamides is 1. The molecule has 7 heteroatoms. The first-order valence-corrected chi connectivity index (χ1v) is 9.63. The van der Waals surface area contributed by atoms with Crippen LogP contribution in [0.15, 0.2) is 30.6 Å². The zero-order valence-electron chi connectivity index (χ0n) is 12.8. The van der Waals surface area contributed by atoms with E-state index in [1.807, 2.05) is 24.3 Å². The van der Waals surface area contributed by atoms with Gasteiger partial charge in [-0.1, -0.05) is 37.1 Å². The van der Waals surface area contributed by atoms with Crippen molar-refractivity contribution in [2.75, 3.05) is 0 Å². The first-order valence-electron chi connectivity index (χ1n) is 8.08. The van der Waals surface area contributed by atoms with Gasteiger partial charge >= 0.3 is 0 Å². The van der Waals surface area contributed by atoms with Crippen LogP contribution in [0.4, 0.5) is 0 Å². The van der Waals surface area contributed by atoms with Crippen molar-refractivity contribution in [3.63, 3.8) is 0 Å². The molecule has 0 saturated heterocycles. The molecule has 1 aromatic heterocycles. The van der Waals surface area contributed by atoms with Crippen LogP contribution in [0.5, 0.6) is 0 Å². The van der Waals surface area contributed by atoms with Crippen LogP contribution in [0, 0.1) is 11.8 Å². The van der Waals surface area contributed by atoms with Gasteiger partial charge in [-0.15, -0.1) is 0 Å². The SMILES string of the molecule is O=S(=O)(NCc1ccc(-c2ncn[nH]2)cc1)C1C2CCCCC21. The molecule has 2 atom stereocenters. The van der Waals surface area contributed by atoms with Crippen LogP contribution >= 0.6 is 0 Å².